The summed E-state index contributed by atoms with van der Waals surface area (Å²) in [6.07, 6.45) is 1.32. The number of ketones is 1. The first-order chi connectivity index (χ1) is 15.0. The summed E-state index contributed by atoms with van der Waals surface area (Å²) in [6, 6.07) is 7.73. The largest absolute Gasteiger partial charge is 0.503 e. The van der Waals surface area contributed by atoms with Crippen LogP contribution < -0.4 is 0 Å². The molecule has 2 aliphatic rings. The summed E-state index contributed by atoms with van der Waals surface area (Å²) < 4.78 is 10.5. The number of benzene rings is 1. The van der Waals surface area contributed by atoms with E-state index in [4.69, 9.17) is 9.15 Å². The van der Waals surface area contributed by atoms with Gasteiger partial charge >= 0.3 is 0 Å². The van der Waals surface area contributed by atoms with Crippen molar-refractivity contribution in [3.05, 3.63) is 75.4 Å². The van der Waals surface area contributed by atoms with Gasteiger partial charge in [-0.15, -0.1) is 0 Å². The molecule has 0 saturated carbocycles. The molecule has 1 atom stereocenters. The molecule has 1 fully saturated rings. The molecule has 4 rings (SSSR count). The SMILES string of the molecule is O=C(C1=C(O)C(=O)N(CCN2CCOCC2)C1c1cccc([N+](=O)[O-])c1)c1ccco1. The Morgan fingerprint density at radius 2 is 1.97 bits per heavy atom. The van der Waals surface area contributed by atoms with Crippen LogP contribution in [0.4, 0.5) is 5.69 Å². The van der Waals surface area contributed by atoms with Crippen LogP contribution in [0.25, 0.3) is 0 Å². The molecular weight excluding hydrogens is 406 g/mol. The molecule has 1 saturated heterocycles. The Morgan fingerprint density at radius 3 is 2.65 bits per heavy atom. The van der Waals surface area contributed by atoms with Gasteiger partial charge in [0, 0.05) is 38.3 Å². The van der Waals surface area contributed by atoms with E-state index in [-0.39, 0.29) is 23.6 Å². The van der Waals surface area contributed by atoms with E-state index in [0.717, 1.165) is 0 Å². The van der Waals surface area contributed by atoms with Gasteiger partial charge in [0.1, 0.15) is 0 Å². The highest BCUT2D eigenvalue weighted by Crippen LogP contribution is 2.39. The molecule has 1 unspecified atom stereocenters. The average Bonchev–Trinajstić information content (AvgIpc) is 3.40. The Bertz CT molecular complexity index is 1030. The number of amides is 1. The molecule has 2 aromatic rings. The van der Waals surface area contributed by atoms with Gasteiger partial charge < -0.3 is 19.2 Å². The Morgan fingerprint density at radius 1 is 1.19 bits per heavy atom. The molecule has 10 nitrogen and oxygen atoms in total. The van der Waals surface area contributed by atoms with Crippen LogP contribution in [0.1, 0.15) is 22.2 Å². The summed E-state index contributed by atoms with van der Waals surface area (Å²) in [5, 5.41) is 21.9. The van der Waals surface area contributed by atoms with Crippen molar-refractivity contribution in [3.63, 3.8) is 0 Å². The number of ether oxygens (including phenoxy) is 1. The maximum Gasteiger partial charge on any atom is 0.290 e. The summed E-state index contributed by atoms with van der Waals surface area (Å²) in [5.41, 5.74) is 0.0418. The minimum atomic E-state index is -0.967. The number of rotatable bonds is 7. The monoisotopic (exact) mass is 427 g/mol. The number of non-ortho nitro benzene ring substituents is 1. The van der Waals surface area contributed by atoms with Gasteiger partial charge in [-0.05, 0) is 17.7 Å². The summed E-state index contributed by atoms with van der Waals surface area (Å²) in [5.74, 6) is -2.03. The van der Waals surface area contributed by atoms with Crippen molar-refractivity contribution in [1.29, 1.82) is 0 Å². The summed E-state index contributed by atoms with van der Waals surface area (Å²) in [7, 11) is 0. The molecule has 31 heavy (non-hydrogen) atoms. The Balaban J connectivity index is 1.70. The first kappa shape index (κ1) is 20.8. The highest BCUT2D eigenvalue weighted by atomic mass is 16.6. The molecule has 0 bridgehead atoms. The first-order valence-electron chi connectivity index (χ1n) is 9.84. The van der Waals surface area contributed by atoms with Crippen LogP contribution in [-0.2, 0) is 9.53 Å². The van der Waals surface area contributed by atoms with E-state index in [1.54, 1.807) is 6.07 Å². The second-order valence-corrected chi connectivity index (χ2v) is 7.28. The van der Waals surface area contributed by atoms with E-state index in [0.29, 0.717) is 38.4 Å². The lowest BCUT2D eigenvalue weighted by Crippen LogP contribution is -2.43. The molecule has 10 heteroatoms. The zero-order valence-corrected chi connectivity index (χ0v) is 16.6. The van der Waals surface area contributed by atoms with Crippen molar-refractivity contribution in [2.24, 2.45) is 0 Å². The zero-order chi connectivity index (χ0) is 22.0. The molecular formula is C21H21N3O7. The van der Waals surface area contributed by atoms with E-state index in [9.17, 15) is 24.8 Å². The predicted molar refractivity (Wildman–Crippen MR) is 108 cm³/mol. The molecule has 0 spiro atoms. The second-order valence-electron chi connectivity index (χ2n) is 7.28. The first-order valence-corrected chi connectivity index (χ1v) is 9.84. The molecule has 3 heterocycles. The van der Waals surface area contributed by atoms with E-state index in [1.165, 1.54) is 41.5 Å². The number of nitro groups is 1. The van der Waals surface area contributed by atoms with Crippen LogP contribution in [0.15, 0.2) is 58.4 Å². The lowest BCUT2D eigenvalue weighted by Gasteiger charge is -2.31. The van der Waals surface area contributed by atoms with Crippen molar-refractivity contribution in [1.82, 2.24) is 9.80 Å². The Kier molecular flexibility index (Phi) is 5.83. The van der Waals surface area contributed by atoms with Gasteiger partial charge in [0.2, 0.25) is 5.78 Å². The average molecular weight is 427 g/mol. The minimum absolute atomic E-state index is 0.0280. The smallest absolute Gasteiger partial charge is 0.290 e. The number of aliphatic hydroxyl groups is 1. The molecule has 162 valence electrons. The van der Waals surface area contributed by atoms with Gasteiger partial charge in [-0.3, -0.25) is 24.6 Å². The van der Waals surface area contributed by atoms with Crippen molar-refractivity contribution >= 4 is 17.4 Å². The third-order valence-corrected chi connectivity index (χ3v) is 5.45. The molecule has 0 aliphatic carbocycles. The second kappa shape index (κ2) is 8.70. The van der Waals surface area contributed by atoms with Crippen LogP contribution in [0.2, 0.25) is 0 Å². The summed E-state index contributed by atoms with van der Waals surface area (Å²) in [4.78, 5) is 40.2. The maximum atomic E-state index is 13.1. The summed E-state index contributed by atoms with van der Waals surface area (Å²) >= 11 is 0. The van der Waals surface area contributed by atoms with Crippen molar-refractivity contribution in [2.75, 3.05) is 39.4 Å². The lowest BCUT2D eigenvalue weighted by molar-refractivity contribution is -0.384. The molecule has 2 aliphatic heterocycles. The van der Waals surface area contributed by atoms with E-state index < -0.39 is 28.4 Å². The van der Waals surface area contributed by atoms with Gasteiger partial charge in [-0.2, -0.15) is 0 Å². The van der Waals surface area contributed by atoms with Crippen LogP contribution in [0, 0.1) is 10.1 Å². The van der Waals surface area contributed by atoms with E-state index in [2.05, 4.69) is 4.90 Å². The van der Waals surface area contributed by atoms with E-state index in [1.807, 2.05) is 0 Å². The quantitative estimate of drug-likeness (QED) is 0.404. The number of aliphatic hydroxyl groups excluding tert-OH is 1. The topological polar surface area (TPSA) is 126 Å². The third kappa shape index (κ3) is 4.07. The van der Waals surface area contributed by atoms with Crippen LogP contribution in [-0.4, -0.2) is 70.9 Å². The van der Waals surface area contributed by atoms with Gasteiger partial charge in [-0.25, -0.2) is 0 Å². The number of hydrogen-bond acceptors (Lipinski definition) is 8. The van der Waals surface area contributed by atoms with Crippen molar-refractivity contribution in [3.8, 4) is 0 Å². The van der Waals surface area contributed by atoms with Crippen LogP contribution >= 0.6 is 0 Å². The number of carbonyl (C=O) groups is 2. The zero-order valence-electron chi connectivity index (χ0n) is 16.6. The van der Waals surface area contributed by atoms with E-state index >= 15 is 0 Å². The van der Waals surface area contributed by atoms with Gasteiger partial charge in [0.05, 0.1) is 36.0 Å². The number of hydrogen-bond donors (Lipinski definition) is 1. The predicted octanol–water partition coefficient (Wildman–Crippen LogP) is 2.10. The van der Waals surface area contributed by atoms with Crippen molar-refractivity contribution in [2.45, 2.75) is 6.04 Å². The Labute approximate surface area is 177 Å². The molecule has 1 aromatic heterocycles. The minimum Gasteiger partial charge on any atom is -0.503 e. The fourth-order valence-corrected chi connectivity index (χ4v) is 3.89. The van der Waals surface area contributed by atoms with Crippen LogP contribution in [0.3, 0.4) is 0 Å². The van der Waals surface area contributed by atoms with Gasteiger partial charge in [0.15, 0.2) is 11.5 Å². The van der Waals surface area contributed by atoms with Crippen molar-refractivity contribution < 1.29 is 28.8 Å². The Hall–Kier alpha value is -3.50. The number of nitro benzene ring substituents is 1. The fourth-order valence-electron chi connectivity index (χ4n) is 3.89. The number of morpholine rings is 1. The number of Topliss-reactive ketones (excluding diaryl/α,β-unsaturated/α-hetero) is 1. The summed E-state index contributed by atoms with van der Waals surface area (Å²) in [6.45, 7) is 3.34. The van der Waals surface area contributed by atoms with Gasteiger partial charge in [0.25, 0.3) is 11.6 Å². The normalized spacial score (nSPS) is 19.8. The van der Waals surface area contributed by atoms with Crippen LogP contribution in [0.5, 0.6) is 0 Å². The number of nitrogens with zero attached hydrogens (tertiary/aromatic N) is 3. The lowest BCUT2D eigenvalue weighted by atomic mass is 9.94. The fraction of sp³-hybridized carbons (Fsp3) is 0.333. The molecule has 1 aromatic carbocycles. The number of furan rings is 1. The van der Waals surface area contributed by atoms with Gasteiger partial charge in [-0.1, -0.05) is 12.1 Å². The third-order valence-electron chi connectivity index (χ3n) is 5.45. The number of carbonyl (C=O) groups excluding carboxylic acids is 2. The highest BCUT2D eigenvalue weighted by Gasteiger charge is 2.44. The molecule has 0 radical (unpaired) electrons. The molecule has 1 amide bonds. The highest BCUT2D eigenvalue weighted by molar-refractivity contribution is 6.15. The maximum absolute atomic E-state index is 13.1. The standard InChI is InChI=1S/C21H21N3O7/c25-19(16-5-2-10-31-16)17-18(14-3-1-4-15(13-14)24(28)29)23(21(27)20(17)26)7-6-22-8-11-30-12-9-22/h1-5,10,13,18,26H,6-9,11-12H2. The molecule has 1 N–H and O–H groups in total.